The lowest BCUT2D eigenvalue weighted by Gasteiger charge is -2.52. The van der Waals surface area contributed by atoms with E-state index in [1.54, 1.807) is 0 Å². The van der Waals surface area contributed by atoms with E-state index < -0.39 is 0 Å². The van der Waals surface area contributed by atoms with Crippen molar-refractivity contribution in [1.82, 2.24) is 14.7 Å². The van der Waals surface area contributed by atoms with Crippen LogP contribution in [0.2, 0.25) is 5.02 Å². The van der Waals surface area contributed by atoms with Gasteiger partial charge in [0.1, 0.15) is 0 Å². The maximum absolute atomic E-state index is 13.0. The third kappa shape index (κ3) is 4.04. The molecule has 3 atom stereocenters. The van der Waals surface area contributed by atoms with Crippen LogP contribution in [0.5, 0.6) is 0 Å². The highest BCUT2D eigenvalue weighted by atomic mass is 35.5. The lowest BCUT2D eigenvalue weighted by Crippen LogP contribution is -2.61. The summed E-state index contributed by atoms with van der Waals surface area (Å²) >= 11 is 6.12. The number of carbonyl (C=O) groups is 2. The zero-order valence-electron chi connectivity index (χ0n) is 17.5. The molecule has 4 aliphatic rings. The van der Waals surface area contributed by atoms with Crippen molar-refractivity contribution < 1.29 is 9.59 Å². The number of anilines is 1. The Morgan fingerprint density at radius 2 is 1.93 bits per heavy atom. The highest BCUT2D eigenvalue weighted by molar-refractivity contribution is 6.30. The van der Waals surface area contributed by atoms with E-state index in [0.717, 1.165) is 75.8 Å². The molecule has 0 spiro atoms. The molecule has 4 saturated heterocycles. The molecule has 7 heteroatoms. The second-order valence-electron chi connectivity index (χ2n) is 9.41. The van der Waals surface area contributed by atoms with E-state index >= 15 is 0 Å². The van der Waals surface area contributed by atoms with Crippen molar-refractivity contribution >= 4 is 29.1 Å². The molecule has 1 aromatic rings. The quantitative estimate of drug-likeness (QED) is 0.738. The molecule has 6 nitrogen and oxygen atoms in total. The van der Waals surface area contributed by atoms with Gasteiger partial charge in [-0.25, -0.2) is 0 Å². The first-order valence-corrected chi connectivity index (χ1v) is 11.7. The average molecular weight is 431 g/mol. The van der Waals surface area contributed by atoms with Gasteiger partial charge in [0.2, 0.25) is 11.8 Å². The highest BCUT2D eigenvalue weighted by Crippen LogP contribution is 2.37. The Balaban J connectivity index is 1.15. The number of hydrogen-bond donors (Lipinski definition) is 0. The summed E-state index contributed by atoms with van der Waals surface area (Å²) in [6.07, 6.45) is 4.10. The zero-order chi connectivity index (χ0) is 20.7. The van der Waals surface area contributed by atoms with Gasteiger partial charge in [-0.05, 0) is 49.3 Å². The predicted octanol–water partition coefficient (Wildman–Crippen LogP) is 2.32. The van der Waals surface area contributed by atoms with E-state index in [4.69, 9.17) is 11.6 Å². The maximum Gasteiger partial charge on any atom is 0.236 e. The van der Waals surface area contributed by atoms with Crippen molar-refractivity contribution in [2.24, 2.45) is 11.8 Å². The molecule has 30 heavy (non-hydrogen) atoms. The highest BCUT2D eigenvalue weighted by Gasteiger charge is 2.44. The largest absolute Gasteiger partial charge is 0.368 e. The molecule has 0 aliphatic carbocycles. The molecule has 4 heterocycles. The Kier molecular flexibility index (Phi) is 5.63. The Bertz CT molecular complexity index is 810. The fourth-order valence-corrected chi connectivity index (χ4v) is 6.20. The van der Waals surface area contributed by atoms with Crippen molar-refractivity contribution in [2.45, 2.75) is 31.7 Å². The van der Waals surface area contributed by atoms with Crippen LogP contribution in [0, 0.1) is 11.8 Å². The van der Waals surface area contributed by atoms with Gasteiger partial charge in [-0.15, -0.1) is 0 Å². The summed E-state index contributed by atoms with van der Waals surface area (Å²) in [4.78, 5) is 34.2. The number of likely N-dealkylation sites (tertiary alicyclic amines) is 1. The van der Waals surface area contributed by atoms with Gasteiger partial charge in [-0.1, -0.05) is 17.7 Å². The Morgan fingerprint density at radius 3 is 2.73 bits per heavy atom. The van der Waals surface area contributed by atoms with Crippen LogP contribution in [0.4, 0.5) is 5.69 Å². The molecule has 0 radical (unpaired) electrons. The molecule has 0 aromatic heterocycles. The van der Waals surface area contributed by atoms with Gasteiger partial charge in [0.25, 0.3) is 0 Å². The number of halogens is 1. The van der Waals surface area contributed by atoms with Crippen LogP contribution in [-0.2, 0) is 9.59 Å². The van der Waals surface area contributed by atoms with E-state index in [2.05, 4.69) is 20.8 Å². The van der Waals surface area contributed by atoms with Crippen molar-refractivity contribution in [2.75, 3.05) is 57.3 Å². The summed E-state index contributed by atoms with van der Waals surface area (Å²) in [6, 6.07) is 8.34. The monoisotopic (exact) mass is 430 g/mol. The number of amides is 2. The number of rotatable bonds is 3. The zero-order valence-corrected chi connectivity index (χ0v) is 18.3. The summed E-state index contributed by atoms with van der Waals surface area (Å²) in [6.45, 7) is 6.52. The van der Waals surface area contributed by atoms with Gasteiger partial charge in [-0.3, -0.25) is 14.5 Å². The summed E-state index contributed by atoms with van der Waals surface area (Å²) in [5.74, 6) is 1.66. The van der Waals surface area contributed by atoms with Crippen LogP contribution < -0.4 is 4.90 Å². The molecule has 162 valence electrons. The molecule has 0 N–H and O–H groups in total. The molecule has 2 unspecified atom stereocenters. The standard InChI is InChI=1S/C23H31ClN4O2/c24-19-3-1-4-20(12-19)26-7-9-27(10-8-26)23(30)16-25-13-17-11-18(15-25)21-5-2-6-22(29)28(21)14-17/h1,3-4,12,17-18,21H,2,5-11,13-16H2/t17?,18?,21-/m1/s1. The van der Waals surface area contributed by atoms with E-state index in [-0.39, 0.29) is 5.91 Å². The number of hydrogen-bond acceptors (Lipinski definition) is 4. The molecule has 4 fully saturated rings. The number of piperazine rings is 1. The third-order valence-corrected chi connectivity index (χ3v) is 7.66. The van der Waals surface area contributed by atoms with Gasteiger partial charge >= 0.3 is 0 Å². The van der Waals surface area contributed by atoms with Gasteiger partial charge < -0.3 is 14.7 Å². The Morgan fingerprint density at radius 1 is 1.10 bits per heavy atom. The molecule has 1 aromatic carbocycles. The van der Waals surface area contributed by atoms with E-state index in [1.165, 1.54) is 6.42 Å². The lowest BCUT2D eigenvalue weighted by molar-refractivity contribution is -0.146. The van der Waals surface area contributed by atoms with Crippen LogP contribution in [0.25, 0.3) is 0 Å². The normalized spacial score (nSPS) is 29.7. The van der Waals surface area contributed by atoms with E-state index in [0.29, 0.717) is 30.3 Å². The van der Waals surface area contributed by atoms with Crippen LogP contribution in [-0.4, -0.2) is 84.9 Å². The number of fused-ring (bicyclic) bond motifs is 4. The van der Waals surface area contributed by atoms with E-state index in [9.17, 15) is 9.59 Å². The molecular weight excluding hydrogens is 400 g/mol. The van der Waals surface area contributed by atoms with Crippen LogP contribution in [0.15, 0.2) is 24.3 Å². The lowest BCUT2D eigenvalue weighted by atomic mass is 9.76. The number of benzene rings is 1. The minimum atomic E-state index is 0.247. The first-order valence-electron chi connectivity index (χ1n) is 11.4. The topological polar surface area (TPSA) is 47.1 Å². The Labute approximate surface area is 183 Å². The second kappa shape index (κ2) is 8.39. The molecule has 5 rings (SSSR count). The summed E-state index contributed by atoms with van der Waals surface area (Å²) in [5, 5.41) is 0.750. The maximum atomic E-state index is 13.0. The predicted molar refractivity (Wildman–Crippen MR) is 118 cm³/mol. The summed E-state index contributed by atoms with van der Waals surface area (Å²) in [7, 11) is 0. The fraction of sp³-hybridized carbons (Fsp3) is 0.652. The van der Waals surface area contributed by atoms with Gasteiger partial charge in [-0.2, -0.15) is 0 Å². The summed E-state index contributed by atoms with van der Waals surface area (Å²) in [5.41, 5.74) is 1.13. The number of piperidine rings is 3. The van der Waals surface area contributed by atoms with E-state index in [1.807, 2.05) is 23.1 Å². The number of nitrogens with zero attached hydrogens (tertiary/aromatic N) is 4. The van der Waals surface area contributed by atoms with Crippen molar-refractivity contribution in [3.8, 4) is 0 Å². The minimum Gasteiger partial charge on any atom is -0.368 e. The van der Waals surface area contributed by atoms with Crippen molar-refractivity contribution in [3.05, 3.63) is 29.3 Å². The number of carbonyl (C=O) groups excluding carboxylic acids is 2. The van der Waals surface area contributed by atoms with Crippen LogP contribution >= 0.6 is 11.6 Å². The fourth-order valence-electron chi connectivity index (χ4n) is 6.02. The molecular formula is C23H31ClN4O2. The van der Waals surface area contributed by atoms with Crippen LogP contribution in [0.1, 0.15) is 25.7 Å². The smallest absolute Gasteiger partial charge is 0.236 e. The first kappa shape index (κ1) is 20.1. The average Bonchev–Trinajstić information content (AvgIpc) is 2.75. The summed E-state index contributed by atoms with van der Waals surface area (Å²) < 4.78 is 0. The van der Waals surface area contributed by atoms with Gasteiger partial charge in [0.05, 0.1) is 6.54 Å². The first-order chi connectivity index (χ1) is 14.6. The van der Waals surface area contributed by atoms with Gasteiger partial charge in [0, 0.05) is 69.0 Å². The third-order valence-electron chi connectivity index (χ3n) is 7.42. The molecule has 4 aliphatic heterocycles. The van der Waals surface area contributed by atoms with Crippen molar-refractivity contribution in [3.63, 3.8) is 0 Å². The SMILES string of the molecule is O=C(CN1CC2CC(C1)[C@H]1CCCC(=O)N1C2)N1CCN(c2cccc(Cl)c2)CC1. The van der Waals surface area contributed by atoms with Gasteiger partial charge in [0.15, 0.2) is 0 Å². The van der Waals surface area contributed by atoms with Crippen LogP contribution in [0.3, 0.4) is 0 Å². The minimum absolute atomic E-state index is 0.247. The molecule has 2 amide bonds. The molecule has 2 bridgehead atoms. The Hall–Kier alpha value is -1.79. The molecule has 0 saturated carbocycles. The second-order valence-corrected chi connectivity index (χ2v) is 9.85. The van der Waals surface area contributed by atoms with Crippen molar-refractivity contribution in [1.29, 1.82) is 0 Å².